The molecule has 98 valence electrons. The number of carbonyl (C=O) groups excluding carboxylic acids is 1. The summed E-state index contributed by atoms with van der Waals surface area (Å²) in [4.78, 5) is 14.0. The number of urea groups is 1. The fourth-order valence-electron chi connectivity index (χ4n) is 2.66. The van der Waals surface area contributed by atoms with Gasteiger partial charge in [0.05, 0.1) is 0 Å². The number of hydrogen-bond acceptors (Lipinski definition) is 2. The lowest BCUT2D eigenvalue weighted by atomic mass is 10.0. The van der Waals surface area contributed by atoms with E-state index in [1.807, 2.05) is 16.7 Å². The number of piperidine rings is 1. The monoisotopic (exact) mass is 256 g/mol. The summed E-state index contributed by atoms with van der Waals surface area (Å²) in [5.74, 6) is 1.93. The molecule has 4 heteroatoms. The minimum atomic E-state index is 0.155. The number of nitrogens with zero attached hydrogens (tertiary/aromatic N) is 1. The Labute approximate surface area is 109 Å². The predicted molar refractivity (Wildman–Crippen MR) is 73.5 cm³/mol. The van der Waals surface area contributed by atoms with E-state index in [0.29, 0.717) is 11.2 Å². The van der Waals surface area contributed by atoms with Crippen molar-refractivity contribution in [3.05, 3.63) is 0 Å². The van der Waals surface area contributed by atoms with Gasteiger partial charge < -0.3 is 10.2 Å². The van der Waals surface area contributed by atoms with Gasteiger partial charge in [0.25, 0.3) is 0 Å². The highest BCUT2D eigenvalue weighted by Crippen LogP contribution is 2.24. The summed E-state index contributed by atoms with van der Waals surface area (Å²) in [6.07, 6.45) is 6.36. The van der Waals surface area contributed by atoms with Gasteiger partial charge in [0, 0.05) is 24.9 Å². The molecule has 2 fully saturated rings. The lowest BCUT2D eigenvalue weighted by Gasteiger charge is -2.31. The molecule has 2 heterocycles. The third kappa shape index (κ3) is 4.09. The standard InChI is InChI=1S/C13H24N2OS/c1-11-5-4-7-15(10-11)13(16)14-9-12-6-2-3-8-17-12/h11-12H,2-10H2,1H3,(H,14,16). The molecular formula is C13H24N2OS. The molecule has 0 aliphatic carbocycles. The van der Waals surface area contributed by atoms with Crippen LogP contribution in [0.3, 0.4) is 0 Å². The molecule has 0 aromatic carbocycles. The van der Waals surface area contributed by atoms with Crippen LogP contribution in [0.15, 0.2) is 0 Å². The number of thioether (sulfide) groups is 1. The second-order valence-corrected chi connectivity index (χ2v) is 6.78. The van der Waals surface area contributed by atoms with Crippen LogP contribution >= 0.6 is 11.8 Å². The van der Waals surface area contributed by atoms with Gasteiger partial charge in [-0.3, -0.25) is 0 Å². The van der Waals surface area contributed by atoms with Gasteiger partial charge in [-0.05, 0) is 37.4 Å². The Bertz CT molecular complexity index is 254. The van der Waals surface area contributed by atoms with Gasteiger partial charge in [0.15, 0.2) is 0 Å². The Kier molecular flexibility index (Phi) is 5.01. The fourth-order valence-corrected chi connectivity index (χ4v) is 3.89. The Balaban J connectivity index is 1.69. The molecule has 2 amide bonds. The maximum Gasteiger partial charge on any atom is 0.317 e. The van der Waals surface area contributed by atoms with E-state index < -0.39 is 0 Å². The highest BCUT2D eigenvalue weighted by Gasteiger charge is 2.22. The molecule has 2 unspecified atom stereocenters. The van der Waals surface area contributed by atoms with Crippen LogP contribution in [0.4, 0.5) is 4.79 Å². The molecule has 0 radical (unpaired) electrons. The molecule has 2 aliphatic heterocycles. The largest absolute Gasteiger partial charge is 0.337 e. The quantitative estimate of drug-likeness (QED) is 0.824. The average molecular weight is 256 g/mol. The summed E-state index contributed by atoms with van der Waals surface area (Å²) in [5, 5.41) is 3.76. The normalized spacial score (nSPS) is 30.1. The van der Waals surface area contributed by atoms with E-state index >= 15 is 0 Å². The predicted octanol–water partition coefficient (Wildman–Crippen LogP) is 2.71. The van der Waals surface area contributed by atoms with Crippen molar-refractivity contribution in [2.45, 2.75) is 44.3 Å². The van der Waals surface area contributed by atoms with Crippen LogP contribution in [0.25, 0.3) is 0 Å². The number of nitrogens with one attached hydrogen (secondary N) is 1. The zero-order valence-corrected chi connectivity index (χ0v) is 11.6. The van der Waals surface area contributed by atoms with E-state index in [0.717, 1.165) is 26.1 Å². The number of carbonyl (C=O) groups is 1. The molecule has 2 atom stereocenters. The highest BCUT2D eigenvalue weighted by molar-refractivity contribution is 7.99. The maximum atomic E-state index is 12.0. The lowest BCUT2D eigenvalue weighted by molar-refractivity contribution is 0.170. The van der Waals surface area contributed by atoms with Crippen LogP contribution < -0.4 is 5.32 Å². The summed E-state index contributed by atoms with van der Waals surface area (Å²) in [5.41, 5.74) is 0. The Morgan fingerprint density at radius 2 is 2.24 bits per heavy atom. The van der Waals surface area contributed by atoms with Crippen molar-refractivity contribution in [3.63, 3.8) is 0 Å². The zero-order valence-electron chi connectivity index (χ0n) is 10.8. The lowest BCUT2D eigenvalue weighted by Crippen LogP contribution is -2.46. The summed E-state index contributed by atoms with van der Waals surface area (Å²) < 4.78 is 0. The molecule has 0 bridgehead atoms. The summed E-state index contributed by atoms with van der Waals surface area (Å²) in [7, 11) is 0. The minimum absolute atomic E-state index is 0.155. The second kappa shape index (κ2) is 6.53. The number of amides is 2. The fraction of sp³-hybridized carbons (Fsp3) is 0.923. The van der Waals surface area contributed by atoms with Crippen molar-refractivity contribution in [3.8, 4) is 0 Å². The number of hydrogen-bond donors (Lipinski definition) is 1. The first-order valence-electron chi connectivity index (χ1n) is 6.90. The van der Waals surface area contributed by atoms with Crippen LogP contribution in [0, 0.1) is 5.92 Å². The van der Waals surface area contributed by atoms with Gasteiger partial charge in [-0.25, -0.2) is 4.79 Å². The van der Waals surface area contributed by atoms with Crippen LogP contribution in [0.2, 0.25) is 0 Å². The van der Waals surface area contributed by atoms with Gasteiger partial charge in [0.1, 0.15) is 0 Å². The van der Waals surface area contributed by atoms with Crippen LogP contribution in [0.5, 0.6) is 0 Å². The van der Waals surface area contributed by atoms with Gasteiger partial charge in [-0.2, -0.15) is 11.8 Å². The van der Waals surface area contributed by atoms with Crippen LogP contribution in [-0.2, 0) is 0 Å². The summed E-state index contributed by atoms with van der Waals surface area (Å²) in [6.45, 7) is 4.96. The molecular weight excluding hydrogens is 232 g/mol. The Morgan fingerprint density at radius 3 is 2.94 bits per heavy atom. The first kappa shape index (κ1) is 13.1. The van der Waals surface area contributed by atoms with E-state index in [2.05, 4.69) is 12.2 Å². The van der Waals surface area contributed by atoms with E-state index in [-0.39, 0.29) is 6.03 Å². The van der Waals surface area contributed by atoms with E-state index in [1.54, 1.807) is 0 Å². The zero-order chi connectivity index (χ0) is 12.1. The van der Waals surface area contributed by atoms with Crippen LogP contribution in [-0.4, -0.2) is 41.6 Å². The molecule has 0 saturated carbocycles. The third-order valence-electron chi connectivity index (χ3n) is 3.70. The second-order valence-electron chi connectivity index (χ2n) is 5.37. The molecule has 2 aliphatic rings. The summed E-state index contributed by atoms with van der Waals surface area (Å²) >= 11 is 2.02. The summed E-state index contributed by atoms with van der Waals surface area (Å²) in [6, 6.07) is 0.155. The molecule has 2 rings (SSSR count). The highest BCUT2D eigenvalue weighted by atomic mass is 32.2. The number of likely N-dealkylation sites (tertiary alicyclic amines) is 1. The molecule has 0 aromatic heterocycles. The topological polar surface area (TPSA) is 32.3 Å². The van der Waals surface area contributed by atoms with E-state index in [4.69, 9.17) is 0 Å². The first-order valence-corrected chi connectivity index (χ1v) is 7.95. The van der Waals surface area contributed by atoms with E-state index in [1.165, 1.54) is 31.4 Å². The maximum absolute atomic E-state index is 12.0. The molecule has 1 N–H and O–H groups in total. The molecule has 3 nitrogen and oxygen atoms in total. The average Bonchev–Trinajstić information content (AvgIpc) is 2.37. The van der Waals surface area contributed by atoms with Crippen molar-refractivity contribution in [1.29, 1.82) is 0 Å². The molecule has 0 aromatic rings. The molecule has 0 spiro atoms. The smallest absolute Gasteiger partial charge is 0.317 e. The Morgan fingerprint density at radius 1 is 1.35 bits per heavy atom. The number of rotatable bonds is 2. The van der Waals surface area contributed by atoms with Crippen molar-refractivity contribution in [1.82, 2.24) is 10.2 Å². The SMILES string of the molecule is CC1CCCN(C(=O)NCC2CCCCS2)C1. The van der Waals surface area contributed by atoms with Gasteiger partial charge in [-0.15, -0.1) is 0 Å². The Hall–Kier alpha value is -0.380. The van der Waals surface area contributed by atoms with Gasteiger partial charge in [-0.1, -0.05) is 13.3 Å². The minimum Gasteiger partial charge on any atom is -0.337 e. The molecule has 2 saturated heterocycles. The van der Waals surface area contributed by atoms with Crippen molar-refractivity contribution in [2.75, 3.05) is 25.4 Å². The first-order chi connectivity index (χ1) is 8.25. The van der Waals surface area contributed by atoms with Crippen molar-refractivity contribution < 1.29 is 4.79 Å². The van der Waals surface area contributed by atoms with E-state index in [9.17, 15) is 4.79 Å². The van der Waals surface area contributed by atoms with Gasteiger partial charge >= 0.3 is 6.03 Å². The van der Waals surface area contributed by atoms with Gasteiger partial charge in [0.2, 0.25) is 0 Å². The van der Waals surface area contributed by atoms with Crippen LogP contribution in [0.1, 0.15) is 39.0 Å². The van der Waals surface area contributed by atoms with Crippen molar-refractivity contribution >= 4 is 17.8 Å². The molecule has 17 heavy (non-hydrogen) atoms. The van der Waals surface area contributed by atoms with Crippen molar-refractivity contribution in [2.24, 2.45) is 5.92 Å². The third-order valence-corrected chi connectivity index (χ3v) is 5.10.